The molecule has 0 saturated heterocycles. The lowest BCUT2D eigenvalue weighted by molar-refractivity contribution is -0.149. The first-order valence-electron chi connectivity index (χ1n) is 6.37. The molecule has 0 heterocycles. The fourth-order valence-corrected chi connectivity index (χ4v) is 2.60. The van der Waals surface area contributed by atoms with Crippen LogP contribution in [0.4, 0.5) is 0 Å². The van der Waals surface area contributed by atoms with E-state index in [4.69, 9.17) is 11.6 Å². The fraction of sp³-hybridized carbons (Fsp3) is 0.333. The number of rotatable bonds is 3. The van der Waals surface area contributed by atoms with E-state index < -0.39 is 11.8 Å². The second-order valence-corrected chi connectivity index (χ2v) is 5.10. The van der Waals surface area contributed by atoms with Crippen LogP contribution in [0.3, 0.4) is 0 Å². The van der Waals surface area contributed by atoms with Gasteiger partial charge >= 0.3 is 5.97 Å². The van der Waals surface area contributed by atoms with Crippen LogP contribution in [-0.4, -0.2) is 24.0 Å². The first-order chi connectivity index (χ1) is 9.52. The number of halogens is 1. The number of ketones is 1. The molecule has 1 aromatic carbocycles. The summed E-state index contributed by atoms with van der Waals surface area (Å²) >= 11 is 6.12. The number of hydrogen-bond donors (Lipinski definition) is 1. The van der Waals surface area contributed by atoms with Crippen molar-refractivity contribution in [1.29, 1.82) is 0 Å². The highest BCUT2D eigenvalue weighted by Crippen LogP contribution is 2.30. The molecule has 1 aliphatic carbocycles. The van der Waals surface area contributed by atoms with E-state index in [1.54, 1.807) is 6.07 Å². The Morgan fingerprint density at radius 3 is 2.45 bits per heavy atom. The molecule has 1 N–H and O–H groups in total. The highest BCUT2D eigenvalue weighted by molar-refractivity contribution is 6.39. The van der Waals surface area contributed by atoms with Gasteiger partial charge in [-0.05, 0) is 48.9 Å². The Hall–Kier alpha value is -1.81. The Morgan fingerprint density at radius 2 is 1.85 bits per heavy atom. The summed E-state index contributed by atoms with van der Waals surface area (Å²) in [6.07, 6.45) is 4.96. The van der Waals surface area contributed by atoms with Gasteiger partial charge in [0.2, 0.25) is 0 Å². The zero-order valence-corrected chi connectivity index (χ0v) is 11.9. The SMILES string of the molecule is COC(=O)C(=O)/C=C(\O)c1cc2c(cc1Cl)CCCC2. The Kier molecular flexibility index (Phi) is 4.45. The Morgan fingerprint density at radius 1 is 1.25 bits per heavy atom. The number of aryl methyl sites for hydroxylation is 2. The van der Waals surface area contributed by atoms with Crippen LogP contribution in [0.15, 0.2) is 18.2 Å². The summed E-state index contributed by atoms with van der Waals surface area (Å²) in [7, 11) is 1.11. The van der Waals surface area contributed by atoms with Crippen molar-refractivity contribution in [2.24, 2.45) is 0 Å². The van der Waals surface area contributed by atoms with Crippen molar-refractivity contribution in [3.8, 4) is 0 Å². The largest absolute Gasteiger partial charge is 0.507 e. The lowest BCUT2D eigenvalue weighted by atomic mass is 9.90. The summed E-state index contributed by atoms with van der Waals surface area (Å²) < 4.78 is 4.29. The molecule has 5 heteroatoms. The van der Waals surface area contributed by atoms with E-state index in [2.05, 4.69) is 4.74 Å². The molecular formula is C15H15ClO4. The van der Waals surface area contributed by atoms with Crippen LogP contribution in [-0.2, 0) is 27.2 Å². The maximum Gasteiger partial charge on any atom is 0.378 e. The van der Waals surface area contributed by atoms with Crippen molar-refractivity contribution in [2.45, 2.75) is 25.7 Å². The summed E-state index contributed by atoms with van der Waals surface area (Å²) in [6, 6.07) is 3.60. The third-order valence-corrected chi connectivity index (χ3v) is 3.67. The van der Waals surface area contributed by atoms with Crippen LogP contribution in [0.2, 0.25) is 5.02 Å². The van der Waals surface area contributed by atoms with Crippen LogP contribution in [0.25, 0.3) is 5.76 Å². The van der Waals surface area contributed by atoms with Crippen LogP contribution in [0.1, 0.15) is 29.5 Å². The third kappa shape index (κ3) is 3.02. The van der Waals surface area contributed by atoms with E-state index in [1.165, 1.54) is 5.56 Å². The van der Waals surface area contributed by atoms with E-state index in [1.807, 2.05) is 6.07 Å². The summed E-state index contributed by atoms with van der Waals surface area (Å²) in [4.78, 5) is 22.4. The minimum atomic E-state index is -1.02. The van der Waals surface area contributed by atoms with Crippen LogP contribution < -0.4 is 0 Å². The predicted molar refractivity (Wildman–Crippen MR) is 75.7 cm³/mol. The van der Waals surface area contributed by atoms with Gasteiger partial charge in [-0.25, -0.2) is 4.79 Å². The van der Waals surface area contributed by atoms with Crippen molar-refractivity contribution in [2.75, 3.05) is 7.11 Å². The Balaban J connectivity index is 2.35. The molecule has 0 bridgehead atoms. The molecule has 1 aliphatic rings. The maximum absolute atomic E-state index is 11.4. The first kappa shape index (κ1) is 14.6. The Labute approximate surface area is 122 Å². The number of fused-ring (bicyclic) bond motifs is 1. The lowest BCUT2D eigenvalue weighted by Gasteiger charge is -2.17. The molecule has 1 aromatic rings. The highest BCUT2D eigenvalue weighted by Gasteiger charge is 2.17. The lowest BCUT2D eigenvalue weighted by Crippen LogP contribution is -2.13. The molecule has 0 unspecified atom stereocenters. The molecule has 0 spiro atoms. The molecule has 0 radical (unpaired) electrons. The smallest absolute Gasteiger partial charge is 0.378 e. The molecule has 0 saturated carbocycles. The van der Waals surface area contributed by atoms with Crippen molar-refractivity contribution < 1.29 is 19.4 Å². The van der Waals surface area contributed by atoms with Crippen molar-refractivity contribution in [3.05, 3.63) is 39.9 Å². The minimum absolute atomic E-state index is 0.321. The molecule has 20 heavy (non-hydrogen) atoms. The number of aliphatic hydroxyl groups is 1. The molecule has 0 amide bonds. The molecule has 2 rings (SSSR count). The summed E-state index contributed by atoms with van der Waals surface area (Å²) in [5, 5.41) is 10.3. The first-order valence-corrected chi connectivity index (χ1v) is 6.75. The number of esters is 1. The highest BCUT2D eigenvalue weighted by atomic mass is 35.5. The van der Waals surface area contributed by atoms with Gasteiger partial charge in [0.25, 0.3) is 5.78 Å². The van der Waals surface area contributed by atoms with Crippen LogP contribution in [0, 0.1) is 0 Å². The number of carbonyl (C=O) groups is 2. The fourth-order valence-electron chi connectivity index (χ4n) is 2.31. The molecular weight excluding hydrogens is 280 g/mol. The number of benzene rings is 1. The third-order valence-electron chi connectivity index (χ3n) is 3.36. The second kappa shape index (κ2) is 6.09. The molecule has 0 aliphatic heterocycles. The average molecular weight is 295 g/mol. The maximum atomic E-state index is 11.4. The number of carbonyl (C=O) groups excluding carboxylic acids is 2. The van der Waals surface area contributed by atoms with E-state index in [0.29, 0.717) is 10.6 Å². The summed E-state index contributed by atoms with van der Waals surface area (Å²) in [5.74, 6) is -2.26. The van der Waals surface area contributed by atoms with Gasteiger partial charge in [0.1, 0.15) is 5.76 Å². The van der Waals surface area contributed by atoms with Gasteiger partial charge in [-0.3, -0.25) is 4.79 Å². The van der Waals surface area contributed by atoms with Crippen molar-refractivity contribution >= 4 is 29.1 Å². The van der Waals surface area contributed by atoms with Gasteiger partial charge in [-0.15, -0.1) is 0 Å². The van der Waals surface area contributed by atoms with Gasteiger partial charge in [0, 0.05) is 11.6 Å². The van der Waals surface area contributed by atoms with Gasteiger partial charge in [0.05, 0.1) is 12.1 Å². The van der Waals surface area contributed by atoms with Crippen molar-refractivity contribution in [1.82, 2.24) is 0 Å². The van der Waals surface area contributed by atoms with Crippen molar-refractivity contribution in [3.63, 3.8) is 0 Å². The van der Waals surface area contributed by atoms with Gasteiger partial charge < -0.3 is 9.84 Å². The van der Waals surface area contributed by atoms with Gasteiger partial charge in [-0.2, -0.15) is 0 Å². The molecule has 4 nitrogen and oxygen atoms in total. The number of ether oxygens (including phenoxy) is 1. The zero-order chi connectivity index (χ0) is 14.7. The van der Waals surface area contributed by atoms with Crippen LogP contribution >= 0.6 is 11.6 Å². The topological polar surface area (TPSA) is 63.6 Å². The number of hydrogen-bond acceptors (Lipinski definition) is 4. The number of methoxy groups -OCH3 is 1. The monoisotopic (exact) mass is 294 g/mol. The van der Waals surface area contributed by atoms with Gasteiger partial charge in [-0.1, -0.05) is 11.6 Å². The van der Waals surface area contributed by atoms with E-state index in [-0.39, 0.29) is 5.76 Å². The predicted octanol–water partition coefficient (Wildman–Crippen LogP) is 2.86. The molecule has 0 fully saturated rings. The standard InChI is InChI=1S/C15H15ClO4/c1-20-15(19)14(18)8-13(17)11-6-9-4-2-3-5-10(9)7-12(11)16/h6-8,17H,2-5H2,1H3/b13-8-. The quantitative estimate of drug-likeness (QED) is 0.403. The van der Waals surface area contributed by atoms with Crippen LogP contribution in [0.5, 0.6) is 0 Å². The number of aliphatic hydroxyl groups excluding tert-OH is 1. The Bertz CT molecular complexity index is 590. The normalized spacial score (nSPS) is 14.6. The average Bonchev–Trinajstić information content (AvgIpc) is 2.45. The molecule has 0 atom stereocenters. The minimum Gasteiger partial charge on any atom is -0.507 e. The van der Waals surface area contributed by atoms with Gasteiger partial charge in [0.15, 0.2) is 0 Å². The van der Waals surface area contributed by atoms with E-state index in [9.17, 15) is 14.7 Å². The second-order valence-electron chi connectivity index (χ2n) is 4.69. The van der Waals surface area contributed by atoms with E-state index >= 15 is 0 Å². The zero-order valence-electron chi connectivity index (χ0n) is 11.1. The van der Waals surface area contributed by atoms with E-state index in [0.717, 1.165) is 44.4 Å². The summed E-state index contributed by atoms with van der Waals surface area (Å²) in [5.41, 5.74) is 2.67. The molecule has 106 valence electrons. The molecule has 0 aromatic heterocycles. The summed E-state index contributed by atoms with van der Waals surface area (Å²) in [6.45, 7) is 0.